The van der Waals surface area contributed by atoms with E-state index in [0.29, 0.717) is 19.4 Å². The average molecular weight is 922 g/mol. The fourth-order valence-corrected chi connectivity index (χ4v) is 7.96. The summed E-state index contributed by atoms with van der Waals surface area (Å²) in [7, 11) is 0. The maximum absolute atomic E-state index is 12.8. The molecule has 0 saturated carbocycles. The molecule has 0 aromatic rings. The van der Waals surface area contributed by atoms with Gasteiger partial charge in [0.1, 0.15) is 6.61 Å². The number of carbonyl (C=O) groups excluding carboxylic acids is 2. The summed E-state index contributed by atoms with van der Waals surface area (Å²) in [6.07, 6.45) is 73.5. The molecule has 382 valence electrons. The Morgan fingerprint density at radius 2 is 0.682 bits per heavy atom. The molecule has 0 fully saturated rings. The van der Waals surface area contributed by atoms with Crippen LogP contribution < -0.4 is 0 Å². The zero-order valence-electron chi connectivity index (χ0n) is 44.0. The van der Waals surface area contributed by atoms with Gasteiger partial charge >= 0.3 is 11.9 Å². The van der Waals surface area contributed by atoms with Crippen molar-refractivity contribution in [1.29, 1.82) is 0 Å². The molecule has 0 N–H and O–H groups in total. The van der Waals surface area contributed by atoms with Crippen LogP contribution in [-0.4, -0.2) is 37.9 Å². The number of ether oxygens (including phenoxy) is 3. The molecule has 0 bridgehead atoms. The molecule has 1 atom stereocenters. The number of carbonyl (C=O) groups is 2. The van der Waals surface area contributed by atoms with Crippen LogP contribution in [0, 0.1) is 0 Å². The molecule has 5 nitrogen and oxygen atoms in total. The molecule has 0 aromatic carbocycles. The first kappa shape index (κ1) is 63.3. The molecule has 0 aliphatic rings. The van der Waals surface area contributed by atoms with Gasteiger partial charge in [-0.2, -0.15) is 0 Å². The van der Waals surface area contributed by atoms with Crippen molar-refractivity contribution in [3.05, 3.63) is 72.9 Å². The van der Waals surface area contributed by atoms with Gasteiger partial charge in [0.05, 0.1) is 6.61 Å². The summed E-state index contributed by atoms with van der Waals surface area (Å²) in [5.74, 6) is -0.414. The Hall–Kier alpha value is -2.66. The Labute approximate surface area is 410 Å². The van der Waals surface area contributed by atoms with Crippen LogP contribution in [0.3, 0.4) is 0 Å². The normalized spacial score (nSPS) is 12.7. The first-order valence-electron chi connectivity index (χ1n) is 28.5. The topological polar surface area (TPSA) is 61.8 Å². The largest absolute Gasteiger partial charge is 0.462 e. The van der Waals surface area contributed by atoms with Crippen LogP contribution in [0.25, 0.3) is 0 Å². The molecule has 0 saturated heterocycles. The molecule has 0 spiro atoms. The SMILES string of the molecule is CC/C=C\C/C=C\C/C=C\CCCCCCOCC(COC(=O)CCCCCCCCCCC/C=C\CCCCCCCC)OC(=O)CCCCCCCCC/C=C\C/C=C\CCCCC. The summed E-state index contributed by atoms with van der Waals surface area (Å²) < 4.78 is 17.4. The fraction of sp³-hybridized carbons (Fsp3) is 0.770. The highest BCUT2D eigenvalue weighted by atomic mass is 16.6. The van der Waals surface area contributed by atoms with E-state index in [-0.39, 0.29) is 25.2 Å². The highest BCUT2D eigenvalue weighted by Crippen LogP contribution is 2.15. The number of esters is 2. The summed E-state index contributed by atoms with van der Waals surface area (Å²) in [5, 5.41) is 0. The van der Waals surface area contributed by atoms with Gasteiger partial charge in [0.15, 0.2) is 6.10 Å². The van der Waals surface area contributed by atoms with Crippen molar-refractivity contribution >= 4 is 11.9 Å². The molecule has 0 rings (SSSR count). The molecule has 0 aromatic heterocycles. The Bertz CT molecular complexity index is 1180. The Morgan fingerprint density at radius 1 is 0.348 bits per heavy atom. The maximum atomic E-state index is 12.8. The summed E-state index contributed by atoms with van der Waals surface area (Å²) in [5.41, 5.74) is 0. The second-order valence-corrected chi connectivity index (χ2v) is 18.8. The Morgan fingerprint density at radius 3 is 1.14 bits per heavy atom. The predicted octanol–water partition coefficient (Wildman–Crippen LogP) is 19.5. The highest BCUT2D eigenvalue weighted by Gasteiger charge is 2.17. The summed E-state index contributed by atoms with van der Waals surface area (Å²) >= 11 is 0. The van der Waals surface area contributed by atoms with Crippen LogP contribution in [0.15, 0.2) is 72.9 Å². The van der Waals surface area contributed by atoms with Gasteiger partial charge in [-0.25, -0.2) is 0 Å². The Balaban J connectivity index is 4.29. The van der Waals surface area contributed by atoms with Gasteiger partial charge in [-0.15, -0.1) is 0 Å². The van der Waals surface area contributed by atoms with Crippen LogP contribution in [0.1, 0.15) is 278 Å². The van der Waals surface area contributed by atoms with Crippen molar-refractivity contribution in [2.45, 2.75) is 284 Å². The molecule has 1 unspecified atom stereocenters. The minimum atomic E-state index is -0.555. The molecule has 5 heteroatoms. The molecule has 0 aliphatic carbocycles. The van der Waals surface area contributed by atoms with Gasteiger partial charge in [-0.05, 0) is 109 Å². The third-order valence-corrected chi connectivity index (χ3v) is 12.2. The summed E-state index contributed by atoms with van der Waals surface area (Å²) in [4.78, 5) is 25.5. The lowest BCUT2D eigenvalue weighted by molar-refractivity contribution is -0.163. The van der Waals surface area contributed by atoms with Crippen LogP contribution in [-0.2, 0) is 23.8 Å². The second-order valence-electron chi connectivity index (χ2n) is 18.8. The quantitative estimate of drug-likeness (QED) is 0.0346. The first-order chi connectivity index (χ1) is 32.6. The summed E-state index contributed by atoms with van der Waals surface area (Å²) in [6, 6.07) is 0. The van der Waals surface area contributed by atoms with Gasteiger partial charge in [0.2, 0.25) is 0 Å². The van der Waals surface area contributed by atoms with E-state index < -0.39 is 6.10 Å². The van der Waals surface area contributed by atoms with E-state index in [1.165, 1.54) is 167 Å². The second kappa shape index (κ2) is 56.7. The number of hydrogen-bond donors (Lipinski definition) is 0. The molecule has 66 heavy (non-hydrogen) atoms. The van der Waals surface area contributed by atoms with E-state index in [1.807, 2.05) is 0 Å². The van der Waals surface area contributed by atoms with E-state index >= 15 is 0 Å². The minimum absolute atomic E-state index is 0.0708. The predicted molar refractivity (Wildman–Crippen MR) is 288 cm³/mol. The number of rotatable bonds is 52. The van der Waals surface area contributed by atoms with Crippen LogP contribution in [0.4, 0.5) is 0 Å². The van der Waals surface area contributed by atoms with E-state index in [2.05, 4.69) is 93.7 Å². The van der Waals surface area contributed by atoms with Crippen molar-refractivity contribution in [3.8, 4) is 0 Å². The zero-order chi connectivity index (χ0) is 47.7. The van der Waals surface area contributed by atoms with Crippen LogP contribution in [0.2, 0.25) is 0 Å². The lowest BCUT2D eigenvalue weighted by atomic mass is 10.1. The van der Waals surface area contributed by atoms with E-state index in [0.717, 1.165) is 77.0 Å². The van der Waals surface area contributed by atoms with Crippen molar-refractivity contribution in [1.82, 2.24) is 0 Å². The summed E-state index contributed by atoms with van der Waals surface area (Å²) in [6.45, 7) is 7.66. The first-order valence-corrected chi connectivity index (χ1v) is 28.5. The lowest BCUT2D eigenvalue weighted by Crippen LogP contribution is -2.30. The van der Waals surface area contributed by atoms with E-state index in [9.17, 15) is 9.59 Å². The van der Waals surface area contributed by atoms with Gasteiger partial charge in [-0.3, -0.25) is 9.59 Å². The van der Waals surface area contributed by atoms with Gasteiger partial charge in [-0.1, -0.05) is 229 Å². The highest BCUT2D eigenvalue weighted by molar-refractivity contribution is 5.70. The molecule has 0 amide bonds. The standard InChI is InChI=1S/C61H108O5/c1-4-7-10-13-16-19-22-25-28-30-31-33-34-36-39-42-45-48-51-54-60(62)65-58-59(57-64-56-53-50-47-44-41-38-27-24-21-18-15-12-9-6-3)66-61(63)55-52-49-46-43-40-37-35-32-29-26-23-20-17-14-11-8-5-2/h9,12,17-18,20-21,25-29,38,59H,4-8,10-11,13-16,19,22-24,30-37,39-58H2,1-3H3/b12-9-,20-17-,21-18-,28-25-,29-26-,38-27-. The third-order valence-electron chi connectivity index (χ3n) is 12.2. The number of unbranched alkanes of at least 4 members (excludes halogenated alkanes) is 29. The van der Waals surface area contributed by atoms with Crippen LogP contribution in [0.5, 0.6) is 0 Å². The van der Waals surface area contributed by atoms with E-state index in [4.69, 9.17) is 14.2 Å². The van der Waals surface area contributed by atoms with Crippen molar-refractivity contribution in [3.63, 3.8) is 0 Å². The maximum Gasteiger partial charge on any atom is 0.306 e. The number of allylic oxidation sites excluding steroid dienone is 12. The van der Waals surface area contributed by atoms with Crippen LogP contribution >= 0.6 is 0 Å². The van der Waals surface area contributed by atoms with Crippen molar-refractivity contribution < 1.29 is 23.8 Å². The smallest absolute Gasteiger partial charge is 0.306 e. The minimum Gasteiger partial charge on any atom is -0.462 e. The molecule has 0 heterocycles. The molecule has 0 aliphatic heterocycles. The fourth-order valence-electron chi connectivity index (χ4n) is 7.96. The third kappa shape index (κ3) is 54.0. The Kier molecular flexibility index (Phi) is 54.4. The molecular formula is C61H108O5. The average Bonchev–Trinajstić information content (AvgIpc) is 3.32. The number of hydrogen-bond acceptors (Lipinski definition) is 5. The molecular weight excluding hydrogens is 813 g/mol. The van der Waals surface area contributed by atoms with Crippen molar-refractivity contribution in [2.75, 3.05) is 19.8 Å². The zero-order valence-corrected chi connectivity index (χ0v) is 44.0. The van der Waals surface area contributed by atoms with Gasteiger partial charge < -0.3 is 14.2 Å². The molecule has 0 radical (unpaired) electrons. The van der Waals surface area contributed by atoms with Gasteiger partial charge in [0.25, 0.3) is 0 Å². The van der Waals surface area contributed by atoms with E-state index in [1.54, 1.807) is 0 Å². The van der Waals surface area contributed by atoms with Crippen molar-refractivity contribution in [2.24, 2.45) is 0 Å². The monoisotopic (exact) mass is 921 g/mol. The van der Waals surface area contributed by atoms with Gasteiger partial charge in [0, 0.05) is 19.4 Å². The lowest BCUT2D eigenvalue weighted by Gasteiger charge is -2.18.